The molecule has 0 aliphatic rings. The average molecular weight is 311 g/mol. The molecule has 2 nitrogen and oxygen atoms in total. The molecule has 0 spiro atoms. The molecule has 0 saturated heterocycles. The maximum atomic E-state index is 13.8. The van der Waals surface area contributed by atoms with Crippen LogP contribution < -0.4 is 11.3 Å². The standard InChI is InChI=1S/C15H16ClFN2S/c1-20-15-5-3-2-4-12(15)14(19-18)9-10-8-11(16)6-7-13(10)17/h2-8,14,19H,9,18H2,1H3. The minimum absolute atomic E-state index is 0.161. The molecule has 2 rings (SSSR count). The predicted molar refractivity (Wildman–Crippen MR) is 83.4 cm³/mol. The third-order valence-electron chi connectivity index (χ3n) is 3.15. The molecule has 1 atom stereocenters. The Bertz CT molecular complexity index is 592. The highest BCUT2D eigenvalue weighted by Crippen LogP contribution is 2.28. The van der Waals surface area contributed by atoms with Gasteiger partial charge < -0.3 is 0 Å². The second-order valence-corrected chi connectivity index (χ2v) is 5.69. The number of nitrogens with two attached hydrogens (primary N) is 1. The Balaban J connectivity index is 2.31. The summed E-state index contributed by atoms with van der Waals surface area (Å²) in [6.45, 7) is 0. The van der Waals surface area contributed by atoms with Gasteiger partial charge in [-0.1, -0.05) is 29.8 Å². The van der Waals surface area contributed by atoms with Crippen LogP contribution in [0.25, 0.3) is 0 Å². The van der Waals surface area contributed by atoms with Crippen molar-refractivity contribution in [2.75, 3.05) is 6.26 Å². The molecule has 0 aliphatic carbocycles. The number of halogens is 2. The number of hydrogen-bond acceptors (Lipinski definition) is 3. The van der Waals surface area contributed by atoms with E-state index in [-0.39, 0.29) is 11.9 Å². The van der Waals surface area contributed by atoms with Crippen molar-refractivity contribution in [1.29, 1.82) is 0 Å². The Morgan fingerprint density at radius 2 is 2.05 bits per heavy atom. The second kappa shape index (κ2) is 7.09. The molecule has 0 fully saturated rings. The van der Waals surface area contributed by atoms with Crippen LogP contribution in [-0.4, -0.2) is 6.26 Å². The van der Waals surface area contributed by atoms with Crippen molar-refractivity contribution in [3.63, 3.8) is 0 Å². The summed E-state index contributed by atoms with van der Waals surface area (Å²) >= 11 is 7.57. The molecule has 20 heavy (non-hydrogen) atoms. The Kier molecular flexibility index (Phi) is 5.43. The van der Waals surface area contributed by atoms with Crippen LogP contribution in [0.15, 0.2) is 47.4 Å². The first kappa shape index (κ1) is 15.3. The van der Waals surface area contributed by atoms with Gasteiger partial charge in [-0.3, -0.25) is 11.3 Å². The first-order valence-corrected chi connectivity index (χ1v) is 7.79. The van der Waals surface area contributed by atoms with Crippen molar-refractivity contribution in [1.82, 2.24) is 5.43 Å². The molecule has 5 heteroatoms. The summed E-state index contributed by atoms with van der Waals surface area (Å²) in [5, 5.41) is 0.523. The number of benzene rings is 2. The normalized spacial score (nSPS) is 12.4. The fourth-order valence-electron chi connectivity index (χ4n) is 2.13. The zero-order chi connectivity index (χ0) is 14.5. The van der Waals surface area contributed by atoms with E-state index in [1.54, 1.807) is 23.9 Å². The van der Waals surface area contributed by atoms with Crippen molar-refractivity contribution in [2.45, 2.75) is 17.4 Å². The van der Waals surface area contributed by atoms with Gasteiger partial charge in [-0.25, -0.2) is 4.39 Å². The molecule has 0 aliphatic heterocycles. The van der Waals surface area contributed by atoms with Crippen LogP contribution in [0.5, 0.6) is 0 Å². The predicted octanol–water partition coefficient (Wildman–Crippen LogP) is 3.95. The van der Waals surface area contributed by atoms with Crippen molar-refractivity contribution in [3.05, 3.63) is 64.4 Å². The van der Waals surface area contributed by atoms with Crippen LogP contribution in [-0.2, 0) is 6.42 Å². The molecule has 2 aromatic rings. The molecule has 0 amide bonds. The average Bonchev–Trinajstić information content (AvgIpc) is 2.48. The molecule has 106 valence electrons. The first-order chi connectivity index (χ1) is 9.65. The number of nitrogens with one attached hydrogen (secondary N) is 1. The maximum absolute atomic E-state index is 13.8. The number of thioether (sulfide) groups is 1. The summed E-state index contributed by atoms with van der Waals surface area (Å²) in [5.41, 5.74) is 4.37. The van der Waals surface area contributed by atoms with Gasteiger partial charge in [0.15, 0.2) is 0 Å². The molecular formula is C15H16ClFN2S. The van der Waals surface area contributed by atoms with Crippen LogP contribution in [0, 0.1) is 5.82 Å². The highest BCUT2D eigenvalue weighted by molar-refractivity contribution is 7.98. The van der Waals surface area contributed by atoms with E-state index in [1.807, 2.05) is 30.5 Å². The molecule has 0 saturated carbocycles. The van der Waals surface area contributed by atoms with Crippen molar-refractivity contribution in [3.8, 4) is 0 Å². The summed E-state index contributed by atoms with van der Waals surface area (Å²) in [7, 11) is 0. The number of rotatable bonds is 5. The summed E-state index contributed by atoms with van der Waals surface area (Å²) in [6.07, 6.45) is 2.45. The van der Waals surface area contributed by atoms with E-state index in [0.717, 1.165) is 10.5 Å². The Labute approximate surface area is 127 Å². The minimum atomic E-state index is -0.267. The van der Waals surface area contributed by atoms with Crippen LogP contribution >= 0.6 is 23.4 Å². The summed E-state index contributed by atoms with van der Waals surface area (Å²) in [5.74, 6) is 5.38. The van der Waals surface area contributed by atoms with E-state index >= 15 is 0 Å². The van der Waals surface area contributed by atoms with Crippen LogP contribution in [0.4, 0.5) is 4.39 Å². The second-order valence-electron chi connectivity index (χ2n) is 4.40. The molecule has 0 bridgehead atoms. The van der Waals surface area contributed by atoms with E-state index in [0.29, 0.717) is 17.0 Å². The van der Waals surface area contributed by atoms with E-state index in [9.17, 15) is 4.39 Å². The SMILES string of the molecule is CSc1ccccc1C(Cc1cc(Cl)ccc1F)NN. The van der Waals surface area contributed by atoms with E-state index in [4.69, 9.17) is 17.4 Å². The molecule has 2 aromatic carbocycles. The third-order valence-corrected chi connectivity index (χ3v) is 4.19. The summed E-state index contributed by atoms with van der Waals surface area (Å²) in [4.78, 5) is 1.12. The highest BCUT2D eigenvalue weighted by Gasteiger charge is 2.16. The zero-order valence-corrected chi connectivity index (χ0v) is 12.6. The fourth-order valence-corrected chi connectivity index (χ4v) is 2.99. The van der Waals surface area contributed by atoms with Crippen LogP contribution in [0.1, 0.15) is 17.2 Å². The van der Waals surface area contributed by atoms with Crippen molar-refractivity contribution in [2.24, 2.45) is 5.84 Å². The van der Waals surface area contributed by atoms with Gasteiger partial charge in [0.25, 0.3) is 0 Å². The topological polar surface area (TPSA) is 38.0 Å². The van der Waals surface area contributed by atoms with Gasteiger partial charge in [-0.05, 0) is 48.1 Å². The molecular weight excluding hydrogens is 295 g/mol. The first-order valence-electron chi connectivity index (χ1n) is 6.18. The van der Waals surface area contributed by atoms with E-state index in [1.165, 1.54) is 6.07 Å². The van der Waals surface area contributed by atoms with E-state index in [2.05, 4.69) is 5.43 Å². The smallest absolute Gasteiger partial charge is 0.126 e. The molecule has 0 radical (unpaired) electrons. The van der Waals surface area contributed by atoms with Gasteiger partial charge in [0.05, 0.1) is 6.04 Å². The molecule has 1 unspecified atom stereocenters. The molecule has 3 N–H and O–H groups in total. The minimum Gasteiger partial charge on any atom is -0.271 e. The largest absolute Gasteiger partial charge is 0.271 e. The number of hydrazine groups is 1. The quantitative estimate of drug-likeness (QED) is 0.499. The summed E-state index contributed by atoms with van der Waals surface area (Å²) < 4.78 is 13.8. The van der Waals surface area contributed by atoms with Gasteiger partial charge in [0.1, 0.15) is 5.82 Å². The van der Waals surface area contributed by atoms with Gasteiger partial charge in [-0.2, -0.15) is 0 Å². The van der Waals surface area contributed by atoms with Crippen molar-refractivity contribution < 1.29 is 4.39 Å². The lowest BCUT2D eigenvalue weighted by molar-refractivity contribution is 0.523. The Morgan fingerprint density at radius 3 is 2.75 bits per heavy atom. The van der Waals surface area contributed by atoms with Crippen LogP contribution in [0.2, 0.25) is 5.02 Å². The lowest BCUT2D eigenvalue weighted by atomic mass is 9.99. The number of hydrogen-bond donors (Lipinski definition) is 2. The zero-order valence-electron chi connectivity index (χ0n) is 11.1. The third kappa shape index (κ3) is 3.52. The van der Waals surface area contributed by atoms with Crippen molar-refractivity contribution >= 4 is 23.4 Å². The van der Waals surface area contributed by atoms with Gasteiger partial charge in [-0.15, -0.1) is 11.8 Å². The Morgan fingerprint density at radius 1 is 1.30 bits per heavy atom. The highest BCUT2D eigenvalue weighted by atomic mass is 35.5. The van der Waals surface area contributed by atoms with Gasteiger partial charge >= 0.3 is 0 Å². The summed E-state index contributed by atoms with van der Waals surface area (Å²) in [6, 6.07) is 12.4. The maximum Gasteiger partial charge on any atom is 0.126 e. The Hall–Kier alpha value is -1.07. The monoisotopic (exact) mass is 310 g/mol. The molecule has 0 aromatic heterocycles. The lowest BCUT2D eigenvalue weighted by Gasteiger charge is -2.19. The van der Waals surface area contributed by atoms with E-state index < -0.39 is 0 Å². The lowest BCUT2D eigenvalue weighted by Crippen LogP contribution is -2.30. The van der Waals surface area contributed by atoms with Gasteiger partial charge in [0, 0.05) is 9.92 Å². The fraction of sp³-hybridized carbons (Fsp3) is 0.200. The molecule has 0 heterocycles. The van der Waals surface area contributed by atoms with Crippen LogP contribution in [0.3, 0.4) is 0 Å². The van der Waals surface area contributed by atoms with Gasteiger partial charge in [0.2, 0.25) is 0 Å².